The largest absolute Gasteiger partial charge is 0.444 e. The summed E-state index contributed by atoms with van der Waals surface area (Å²) in [6, 6.07) is 3.20. The van der Waals surface area contributed by atoms with Crippen molar-refractivity contribution in [1.82, 2.24) is 19.0 Å². The van der Waals surface area contributed by atoms with E-state index >= 15 is 0 Å². The van der Waals surface area contributed by atoms with Crippen molar-refractivity contribution in [3.63, 3.8) is 0 Å². The molecule has 0 aliphatic carbocycles. The van der Waals surface area contributed by atoms with Gasteiger partial charge in [-0.2, -0.15) is 5.10 Å². The van der Waals surface area contributed by atoms with Gasteiger partial charge in [-0.05, 0) is 40.9 Å². The van der Waals surface area contributed by atoms with Crippen molar-refractivity contribution >= 4 is 31.9 Å². The third-order valence-electron chi connectivity index (χ3n) is 4.28. The third-order valence-corrected chi connectivity index (χ3v) is 6.56. The van der Waals surface area contributed by atoms with Gasteiger partial charge in [-0.3, -0.25) is 9.48 Å². The molecule has 0 unspecified atom stereocenters. The number of furan rings is 1. The lowest BCUT2D eigenvalue weighted by atomic mass is 10.3. The number of amides is 1. The minimum Gasteiger partial charge on any atom is -0.444 e. The van der Waals surface area contributed by atoms with Crippen LogP contribution in [0.25, 0.3) is 0 Å². The summed E-state index contributed by atoms with van der Waals surface area (Å²) in [7, 11) is -1.59. The predicted molar refractivity (Wildman–Crippen MR) is 99.0 cm³/mol. The molecule has 2 aromatic heterocycles. The van der Waals surface area contributed by atoms with Crippen LogP contribution in [0, 0.1) is 0 Å². The standard InChI is InChI=1S/C16H21BrN4O4S/c1-19-11-13(10-18-19)12-20(16(22)14-4-5-15(17)25-14)8-9-26(23,24)21-6-2-3-7-21/h4-5,10-11H,2-3,6-9,12H2,1H3. The van der Waals surface area contributed by atoms with Crippen LogP contribution in [-0.2, 0) is 23.6 Å². The fourth-order valence-corrected chi connectivity index (χ4v) is 4.76. The van der Waals surface area contributed by atoms with Gasteiger partial charge < -0.3 is 9.32 Å². The maximum absolute atomic E-state index is 12.8. The Bertz CT molecular complexity index is 870. The number of aromatic nitrogens is 2. The van der Waals surface area contributed by atoms with Gasteiger partial charge in [0.2, 0.25) is 10.0 Å². The van der Waals surface area contributed by atoms with Crippen molar-refractivity contribution in [2.75, 3.05) is 25.4 Å². The number of hydrogen-bond donors (Lipinski definition) is 0. The van der Waals surface area contributed by atoms with Crippen LogP contribution in [0.1, 0.15) is 29.0 Å². The number of hydrogen-bond acceptors (Lipinski definition) is 5. The number of carbonyl (C=O) groups is 1. The van der Waals surface area contributed by atoms with Gasteiger partial charge in [0.25, 0.3) is 5.91 Å². The molecule has 26 heavy (non-hydrogen) atoms. The monoisotopic (exact) mass is 444 g/mol. The molecule has 0 saturated carbocycles. The summed E-state index contributed by atoms with van der Waals surface area (Å²) in [5.74, 6) is -0.295. The summed E-state index contributed by atoms with van der Waals surface area (Å²) in [5.41, 5.74) is 0.824. The third kappa shape index (κ3) is 4.54. The number of sulfonamides is 1. The SMILES string of the molecule is Cn1cc(CN(CCS(=O)(=O)N2CCCC2)C(=O)c2ccc(Br)o2)cn1. The average molecular weight is 445 g/mol. The summed E-state index contributed by atoms with van der Waals surface area (Å²) >= 11 is 3.18. The highest BCUT2D eigenvalue weighted by Gasteiger charge is 2.28. The Hall–Kier alpha value is -1.65. The zero-order valence-electron chi connectivity index (χ0n) is 14.5. The summed E-state index contributed by atoms with van der Waals surface area (Å²) in [5, 5.41) is 4.10. The molecule has 1 amide bonds. The van der Waals surface area contributed by atoms with Gasteiger partial charge in [0.1, 0.15) is 0 Å². The van der Waals surface area contributed by atoms with E-state index in [9.17, 15) is 13.2 Å². The fraction of sp³-hybridized carbons (Fsp3) is 0.500. The van der Waals surface area contributed by atoms with Gasteiger partial charge in [-0.1, -0.05) is 0 Å². The summed E-state index contributed by atoms with van der Waals surface area (Å²) in [6.07, 6.45) is 5.23. The average Bonchev–Trinajstić information content (AvgIpc) is 3.33. The summed E-state index contributed by atoms with van der Waals surface area (Å²) < 4.78 is 33.9. The molecule has 1 fully saturated rings. The highest BCUT2D eigenvalue weighted by Crippen LogP contribution is 2.18. The molecule has 3 rings (SSSR count). The van der Waals surface area contributed by atoms with Crippen molar-refractivity contribution < 1.29 is 17.6 Å². The van der Waals surface area contributed by atoms with Gasteiger partial charge in [0.15, 0.2) is 10.4 Å². The van der Waals surface area contributed by atoms with E-state index in [0.29, 0.717) is 17.8 Å². The molecular weight excluding hydrogens is 424 g/mol. The first kappa shape index (κ1) is 19.1. The lowest BCUT2D eigenvalue weighted by Gasteiger charge is -2.23. The van der Waals surface area contributed by atoms with E-state index in [1.807, 2.05) is 0 Å². The molecule has 0 aromatic carbocycles. The van der Waals surface area contributed by atoms with Crippen molar-refractivity contribution in [2.24, 2.45) is 7.05 Å². The number of aryl methyl sites for hydroxylation is 1. The molecule has 8 nitrogen and oxygen atoms in total. The Morgan fingerprint density at radius 1 is 1.35 bits per heavy atom. The second kappa shape index (κ2) is 7.93. The molecule has 1 aliphatic heterocycles. The van der Waals surface area contributed by atoms with Gasteiger partial charge in [-0.15, -0.1) is 0 Å². The molecular formula is C16H21BrN4O4S. The van der Waals surface area contributed by atoms with Crippen molar-refractivity contribution in [2.45, 2.75) is 19.4 Å². The Labute approximate surface area is 160 Å². The second-order valence-electron chi connectivity index (χ2n) is 6.27. The smallest absolute Gasteiger partial charge is 0.289 e. The van der Waals surface area contributed by atoms with Crippen LogP contribution >= 0.6 is 15.9 Å². The second-order valence-corrected chi connectivity index (χ2v) is 9.14. The van der Waals surface area contributed by atoms with Crippen LogP contribution in [0.3, 0.4) is 0 Å². The van der Waals surface area contributed by atoms with E-state index in [0.717, 1.165) is 18.4 Å². The van der Waals surface area contributed by atoms with E-state index in [-0.39, 0.29) is 30.5 Å². The van der Waals surface area contributed by atoms with E-state index in [1.165, 1.54) is 9.21 Å². The first-order chi connectivity index (χ1) is 12.3. The Balaban J connectivity index is 1.74. The Morgan fingerprint density at radius 3 is 2.65 bits per heavy atom. The highest BCUT2D eigenvalue weighted by molar-refractivity contribution is 9.10. The lowest BCUT2D eigenvalue weighted by molar-refractivity contribution is 0.0720. The van der Waals surface area contributed by atoms with Crippen molar-refractivity contribution in [1.29, 1.82) is 0 Å². The molecule has 0 atom stereocenters. The summed E-state index contributed by atoms with van der Waals surface area (Å²) in [6.45, 7) is 1.47. The molecule has 2 aromatic rings. The molecule has 0 radical (unpaired) electrons. The van der Waals surface area contributed by atoms with Crippen LogP contribution in [0.4, 0.5) is 0 Å². The van der Waals surface area contributed by atoms with Crippen LogP contribution in [0.15, 0.2) is 33.6 Å². The maximum Gasteiger partial charge on any atom is 0.289 e. The predicted octanol–water partition coefficient (Wildman–Crippen LogP) is 1.84. The van der Waals surface area contributed by atoms with Crippen molar-refractivity contribution in [3.05, 3.63) is 40.5 Å². The maximum atomic E-state index is 12.8. The molecule has 3 heterocycles. The van der Waals surface area contributed by atoms with Crippen LogP contribution in [-0.4, -0.2) is 58.7 Å². The first-order valence-electron chi connectivity index (χ1n) is 8.35. The molecule has 0 bridgehead atoms. The van der Waals surface area contributed by atoms with E-state index in [1.54, 1.807) is 36.3 Å². The van der Waals surface area contributed by atoms with Gasteiger partial charge >= 0.3 is 0 Å². The normalized spacial score (nSPS) is 15.5. The zero-order valence-corrected chi connectivity index (χ0v) is 16.9. The molecule has 0 spiro atoms. The molecule has 0 N–H and O–H groups in total. The fourth-order valence-electron chi connectivity index (χ4n) is 2.93. The first-order valence-corrected chi connectivity index (χ1v) is 10.8. The Morgan fingerprint density at radius 2 is 2.08 bits per heavy atom. The van der Waals surface area contributed by atoms with Crippen LogP contribution < -0.4 is 0 Å². The van der Waals surface area contributed by atoms with Crippen molar-refractivity contribution in [3.8, 4) is 0 Å². The topological polar surface area (TPSA) is 88.7 Å². The van der Waals surface area contributed by atoms with Gasteiger partial charge in [0.05, 0.1) is 11.9 Å². The molecule has 142 valence electrons. The van der Waals surface area contributed by atoms with E-state index in [4.69, 9.17) is 4.42 Å². The minimum atomic E-state index is -3.37. The molecule has 1 aliphatic rings. The number of carbonyl (C=O) groups excluding carboxylic acids is 1. The lowest BCUT2D eigenvalue weighted by Crippen LogP contribution is -2.38. The number of rotatable bonds is 7. The summed E-state index contributed by atoms with van der Waals surface area (Å²) in [4.78, 5) is 14.3. The van der Waals surface area contributed by atoms with Crippen LogP contribution in [0.2, 0.25) is 0 Å². The molecule has 1 saturated heterocycles. The zero-order chi connectivity index (χ0) is 18.7. The number of nitrogens with zero attached hydrogens (tertiary/aromatic N) is 4. The van der Waals surface area contributed by atoms with Gasteiger partial charge in [0, 0.05) is 45.0 Å². The van der Waals surface area contributed by atoms with Crippen LogP contribution in [0.5, 0.6) is 0 Å². The van der Waals surface area contributed by atoms with E-state index < -0.39 is 10.0 Å². The highest BCUT2D eigenvalue weighted by atomic mass is 79.9. The van der Waals surface area contributed by atoms with E-state index in [2.05, 4.69) is 21.0 Å². The minimum absolute atomic E-state index is 0.0882. The Kier molecular flexibility index (Phi) is 5.83. The molecule has 10 heteroatoms. The number of halogens is 1. The quantitative estimate of drug-likeness (QED) is 0.649. The van der Waals surface area contributed by atoms with Gasteiger partial charge in [-0.25, -0.2) is 12.7 Å².